The highest BCUT2D eigenvalue weighted by atomic mass is 19.1. The van der Waals surface area contributed by atoms with Gasteiger partial charge in [-0.2, -0.15) is 0 Å². The Morgan fingerprint density at radius 2 is 1.87 bits per heavy atom. The van der Waals surface area contributed by atoms with Gasteiger partial charge in [-0.15, -0.1) is 0 Å². The number of hydrogen-bond acceptors (Lipinski definition) is 3. The van der Waals surface area contributed by atoms with Crippen molar-refractivity contribution in [1.82, 2.24) is 4.90 Å². The van der Waals surface area contributed by atoms with Crippen molar-refractivity contribution in [2.75, 3.05) is 24.5 Å². The van der Waals surface area contributed by atoms with E-state index in [-0.39, 0.29) is 17.9 Å². The summed E-state index contributed by atoms with van der Waals surface area (Å²) in [6.07, 6.45) is 4.34. The monoisotopic (exact) mass is 424 g/mol. The lowest BCUT2D eigenvalue weighted by Crippen LogP contribution is -2.56. The summed E-state index contributed by atoms with van der Waals surface area (Å²) in [4.78, 5) is 17.6. The molecule has 1 saturated heterocycles. The molecule has 1 aliphatic carbocycles. The van der Waals surface area contributed by atoms with Crippen LogP contribution in [0.2, 0.25) is 0 Å². The molecule has 0 radical (unpaired) electrons. The molecule has 3 atom stereocenters. The summed E-state index contributed by atoms with van der Waals surface area (Å²) in [5.41, 5.74) is 1.84. The molecule has 4 nitrogen and oxygen atoms in total. The third-order valence-corrected chi connectivity index (χ3v) is 7.26. The predicted octanol–water partition coefficient (Wildman–Crippen LogP) is 5.18. The summed E-state index contributed by atoms with van der Waals surface area (Å²) in [7, 11) is 0. The van der Waals surface area contributed by atoms with E-state index in [2.05, 4.69) is 43.0 Å². The SMILES string of the molecule is CCN(CC)c1ccc([C@@H]2[C@@H]3CCCC[C@@]3(O)CCN2C(=O)c2cccc(F)c2)cc1. The second kappa shape index (κ2) is 8.99. The zero-order valence-corrected chi connectivity index (χ0v) is 18.6. The van der Waals surface area contributed by atoms with Crippen LogP contribution in [0.5, 0.6) is 0 Å². The fourth-order valence-electron chi connectivity index (χ4n) is 5.58. The van der Waals surface area contributed by atoms with E-state index in [4.69, 9.17) is 0 Å². The summed E-state index contributed by atoms with van der Waals surface area (Å²) in [6.45, 7) is 6.63. The lowest BCUT2D eigenvalue weighted by molar-refractivity contribution is -0.115. The molecule has 166 valence electrons. The van der Waals surface area contributed by atoms with Crippen LogP contribution in [0.15, 0.2) is 48.5 Å². The number of piperidine rings is 1. The molecule has 5 heteroatoms. The molecule has 31 heavy (non-hydrogen) atoms. The van der Waals surface area contributed by atoms with Crippen molar-refractivity contribution in [3.8, 4) is 0 Å². The van der Waals surface area contributed by atoms with Gasteiger partial charge in [0.15, 0.2) is 0 Å². The van der Waals surface area contributed by atoms with Crippen LogP contribution in [-0.4, -0.2) is 41.1 Å². The van der Waals surface area contributed by atoms with Gasteiger partial charge in [0.25, 0.3) is 5.91 Å². The number of aliphatic hydroxyl groups is 1. The van der Waals surface area contributed by atoms with E-state index < -0.39 is 11.4 Å². The van der Waals surface area contributed by atoms with E-state index in [0.717, 1.165) is 50.0 Å². The molecule has 2 aliphatic rings. The zero-order valence-electron chi connectivity index (χ0n) is 18.6. The number of carbonyl (C=O) groups is 1. The lowest BCUT2D eigenvalue weighted by Gasteiger charge is -2.52. The van der Waals surface area contributed by atoms with Gasteiger partial charge >= 0.3 is 0 Å². The molecule has 1 N–H and O–H groups in total. The highest BCUT2D eigenvalue weighted by Crippen LogP contribution is 2.49. The van der Waals surface area contributed by atoms with Crippen molar-refractivity contribution in [3.63, 3.8) is 0 Å². The lowest BCUT2D eigenvalue weighted by atomic mass is 9.66. The standard InChI is InChI=1S/C26H33FN2O2/c1-3-28(4-2)22-13-11-19(12-14-22)24-23-10-5-6-15-26(23,31)16-17-29(24)25(30)20-8-7-9-21(27)18-20/h7-9,11-14,18,23-24,31H,3-6,10,15-17H2,1-2H3/t23-,24+,26+/m0/s1. The second-order valence-electron chi connectivity index (χ2n) is 8.92. The van der Waals surface area contributed by atoms with Gasteiger partial charge in [-0.1, -0.05) is 31.0 Å². The number of nitrogens with zero attached hydrogens (tertiary/aromatic N) is 2. The van der Waals surface area contributed by atoms with Crippen molar-refractivity contribution >= 4 is 11.6 Å². The minimum atomic E-state index is -0.737. The van der Waals surface area contributed by atoms with E-state index in [1.54, 1.807) is 12.1 Å². The first-order chi connectivity index (χ1) is 15.0. The van der Waals surface area contributed by atoms with E-state index in [0.29, 0.717) is 18.5 Å². The number of likely N-dealkylation sites (tertiary alicyclic amines) is 1. The highest BCUT2D eigenvalue weighted by molar-refractivity contribution is 5.94. The fourth-order valence-corrected chi connectivity index (χ4v) is 5.58. The largest absolute Gasteiger partial charge is 0.389 e. The Morgan fingerprint density at radius 1 is 1.13 bits per heavy atom. The Labute approximate surface area is 184 Å². The first-order valence-electron chi connectivity index (χ1n) is 11.6. The number of rotatable bonds is 5. The first kappa shape index (κ1) is 21.8. The van der Waals surface area contributed by atoms with Crippen LogP contribution < -0.4 is 4.90 Å². The number of halogens is 1. The van der Waals surface area contributed by atoms with Crippen LogP contribution in [0, 0.1) is 11.7 Å². The van der Waals surface area contributed by atoms with Crippen LogP contribution in [0.4, 0.5) is 10.1 Å². The third kappa shape index (κ3) is 4.20. The van der Waals surface area contributed by atoms with Crippen molar-refractivity contribution < 1.29 is 14.3 Å². The van der Waals surface area contributed by atoms with Gasteiger partial charge in [0.1, 0.15) is 5.82 Å². The Balaban J connectivity index is 1.71. The van der Waals surface area contributed by atoms with Gasteiger partial charge in [0.2, 0.25) is 0 Å². The Kier molecular flexibility index (Phi) is 6.33. The van der Waals surface area contributed by atoms with Gasteiger partial charge in [-0.25, -0.2) is 4.39 Å². The van der Waals surface area contributed by atoms with Crippen molar-refractivity contribution in [2.45, 2.75) is 57.6 Å². The maximum absolute atomic E-state index is 13.8. The Hall–Kier alpha value is -2.40. The number of carbonyl (C=O) groups excluding carboxylic acids is 1. The number of amides is 1. The van der Waals surface area contributed by atoms with Crippen LogP contribution in [0.1, 0.15) is 67.9 Å². The van der Waals surface area contributed by atoms with Crippen LogP contribution in [0.25, 0.3) is 0 Å². The molecule has 0 bridgehead atoms. The van der Waals surface area contributed by atoms with E-state index in [1.165, 1.54) is 12.1 Å². The maximum Gasteiger partial charge on any atom is 0.254 e. The van der Waals surface area contributed by atoms with E-state index in [9.17, 15) is 14.3 Å². The molecule has 1 saturated carbocycles. The zero-order chi connectivity index (χ0) is 22.0. The minimum absolute atomic E-state index is 0.00758. The molecule has 2 fully saturated rings. The van der Waals surface area contributed by atoms with Crippen molar-refractivity contribution in [3.05, 3.63) is 65.5 Å². The molecule has 0 spiro atoms. The molecule has 1 aliphatic heterocycles. The molecule has 2 aromatic rings. The van der Waals surface area contributed by atoms with Gasteiger partial charge in [-0.05, 0) is 69.0 Å². The number of benzene rings is 2. The van der Waals surface area contributed by atoms with Gasteiger partial charge in [-0.3, -0.25) is 4.79 Å². The molecule has 4 rings (SSSR count). The first-order valence-corrected chi connectivity index (χ1v) is 11.6. The summed E-state index contributed by atoms with van der Waals surface area (Å²) in [6, 6.07) is 14.1. The smallest absolute Gasteiger partial charge is 0.254 e. The maximum atomic E-state index is 13.8. The Morgan fingerprint density at radius 3 is 2.55 bits per heavy atom. The normalized spacial score (nSPS) is 25.7. The highest BCUT2D eigenvalue weighted by Gasteiger charge is 2.50. The molecular weight excluding hydrogens is 391 g/mol. The summed E-state index contributed by atoms with van der Waals surface area (Å²) < 4.78 is 13.8. The van der Waals surface area contributed by atoms with Crippen molar-refractivity contribution in [2.24, 2.45) is 5.92 Å². The van der Waals surface area contributed by atoms with Crippen LogP contribution in [-0.2, 0) is 0 Å². The topological polar surface area (TPSA) is 43.8 Å². The molecule has 2 aromatic carbocycles. The minimum Gasteiger partial charge on any atom is -0.389 e. The number of fused-ring (bicyclic) bond motifs is 1. The fraction of sp³-hybridized carbons (Fsp3) is 0.500. The predicted molar refractivity (Wildman–Crippen MR) is 122 cm³/mol. The average molecular weight is 425 g/mol. The number of anilines is 1. The summed E-state index contributed by atoms with van der Waals surface area (Å²) >= 11 is 0. The molecule has 1 amide bonds. The average Bonchev–Trinajstić information content (AvgIpc) is 2.79. The van der Waals surface area contributed by atoms with E-state index >= 15 is 0 Å². The van der Waals surface area contributed by atoms with Crippen LogP contribution in [0.3, 0.4) is 0 Å². The third-order valence-electron chi connectivity index (χ3n) is 7.26. The molecule has 1 heterocycles. The Bertz CT molecular complexity index is 912. The summed E-state index contributed by atoms with van der Waals surface area (Å²) in [5.74, 6) is -0.575. The van der Waals surface area contributed by atoms with Gasteiger partial charge in [0, 0.05) is 36.8 Å². The van der Waals surface area contributed by atoms with Crippen LogP contribution >= 0.6 is 0 Å². The number of hydrogen-bond donors (Lipinski definition) is 1. The van der Waals surface area contributed by atoms with Crippen molar-refractivity contribution in [1.29, 1.82) is 0 Å². The molecule has 0 unspecified atom stereocenters. The molecular formula is C26H33FN2O2. The quantitative estimate of drug-likeness (QED) is 0.719. The summed E-state index contributed by atoms with van der Waals surface area (Å²) in [5, 5.41) is 11.4. The second-order valence-corrected chi connectivity index (χ2v) is 8.92. The van der Waals surface area contributed by atoms with Gasteiger partial charge in [0.05, 0.1) is 11.6 Å². The van der Waals surface area contributed by atoms with E-state index in [1.807, 2.05) is 4.90 Å². The van der Waals surface area contributed by atoms with Gasteiger partial charge < -0.3 is 14.9 Å². The molecule has 0 aromatic heterocycles.